The zero-order valence-corrected chi connectivity index (χ0v) is 7.72. The number of anilines is 1. The molecule has 0 radical (unpaired) electrons. The van der Waals surface area contributed by atoms with Gasteiger partial charge in [-0.2, -0.15) is 0 Å². The van der Waals surface area contributed by atoms with E-state index in [4.69, 9.17) is 4.74 Å². The van der Waals surface area contributed by atoms with Crippen LogP contribution in [-0.2, 0) is 4.79 Å². The Morgan fingerprint density at radius 1 is 1.50 bits per heavy atom. The molecule has 1 unspecified atom stereocenters. The summed E-state index contributed by atoms with van der Waals surface area (Å²) in [6, 6.07) is 7.60. The third-order valence-corrected chi connectivity index (χ3v) is 2.20. The van der Waals surface area contributed by atoms with E-state index >= 15 is 0 Å². The maximum absolute atomic E-state index is 10.6. The van der Waals surface area contributed by atoms with Crippen LogP contribution in [0.15, 0.2) is 37.0 Å². The first-order valence-electron chi connectivity index (χ1n) is 4.45. The summed E-state index contributed by atoms with van der Waals surface area (Å²) in [4.78, 5) is 12.6. The van der Waals surface area contributed by atoms with Crippen molar-refractivity contribution in [2.45, 2.75) is 6.10 Å². The Kier molecular flexibility index (Phi) is 2.23. The van der Waals surface area contributed by atoms with Gasteiger partial charge in [0.1, 0.15) is 5.75 Å². The maximum Gasteiger partial charge on any atom is 0.171 e. The van der Waals surface area contributed by atoms with Gasteiger partial charge in [0.05, 0.1) is 12.2 Å². The van der Waals surface area contributed by atoms with E-state index in [1.807, 2.05) is 29.2 Å². The monoisotopic (exact) mass is 189 g/mol. The summed E-state index contributed by atoms with van der Waals surface area (Å²) < 4.78 is 5.46. The summed E-state index contributed by atoms with van der Waals surface area (Å²) in [5, 5.41) is 0. The van der Waals surface area contributed by atoms with Crippen molar-refractivity contribution in [3.63, 3.8) is 0 Å². The van der Waals surface area contributed by atoms with E-state index in [9.17, 15) is 4.79 Å². The van der Waals surface area contributed by atoms with Gasteiger partial charge in [0, 0.05) is 0 Å². The van der Waals surface area contributed by atoms with Gasteiger partial charge in [-0.1, -0.05) is 18.7 Å². The van der Waals surface area contributed by atoms with Crippen LogP contribution in [0, 0.1) is 0 Å². The van der Waals surface area contributed by atoms with Gasteiger partial charge in [0.15, 0.2) is 12.4 Å². The van der Waals surface area contributed by atoms with Crippen LogP contribution in [-0.4, -0.2) is 18.9 Å². The van der Waals surface area contributed by atoms with Gasteiger partial charge >= 0.3 is 0 Å². The van der Waals surface area contributed by atoms with Crippen molar-refractivity contribution < 1.29 is 9.53 Å². The smallest absolute Gasteiger partial charge is 0.171 e. The third-order valence-electron chi connectivity index (χ3n) is 2.20. The lowest BCUT2D eigenvalue weighted by molar-refractivity contribution is -0.113. The summed E-state index contributed by atoms with van der Waals surface area (Å²) in [5.74, 6) is 0.732. The lowest BCUT2D eigenvalue weighted by Gasteiger charge is -2.31. The molecule has 0 N–H and O–H groups in total. The molecule has 1 heterocycles. The fourth-order valence-electron chi connectivity index (χ4n) is 1.53. The Balaban J connectivity index is 2.40. The molecule has 0 amide bonds. The molecule has 0 aromatic heterocycles. The summed E-state index contributed by atoms with van der Waals surface area (Å²) >= 11 is 0. The minimum atomic E-state index is -0.400. The molecule has 1 aromatic rings. The number of hydrogen-bond donors (Lipinski definition) is 0. The van der Waals surface area contributed by atoms with Crippen LogP contribution in [0.4, 0.5) is 5.69 Å². The Hall–Kier alpha value is -1.77. The summed E-state index contributed by atoms with van der Waals surface area (Å²) in [5.41, 5.74) is 0.959. The van der Waals surface area contributed by atoms with Gasteiger partial charge in [-0.05, 0) is 18.3 Å². The molecule has 3 nitrogen and oxygen atoms in total. The highest BCUT2D eigenvalue weighted by Gasteiger charge is 2.22. The van der Waals surface area contributed by atoms with Gasteiger partial charge in [-0.3, -0.25) is 4.79 Å². The average molecular weight is 189 g/mol. The molecule has 1 aliphatic rings. The van der Waals surface area contributed by atoms with E-state index in [0.29, 0.717) is 6.54 Å². The number of fused-ring (bicyclic) bond motifs is 1. The van der Waals surface area contributed by atoms with Crippen LogP contribution in [0.3, 0.4) is 0 Å². The van der Waals surface area contributed by atoms with E-state index < -0.39 is 6.10 Å². The first kappa shape index (κ1) is 8.81. The van der Waals surface area contributed by atoms with Crippen molar-refractivity contribution in [2.24, 2.45) is 0 Å². The molecule has 0 saturated heterocycles. The number of aldehydes is 1. The largest absolute Gasteiger partial charge is 0.479 e. The molecule has 1 atom stereocenters. The molecule has 3 heteroatoms. The fraction of sp³-hybridized carbons (Fsp3) is 0.182. The number of carbonyl (C=O) groups is 1. The second-order valence-electron chi connectivity index (χ2n) is 3.10. The van der Waals surface area contributed by atoms with Crippen LogP contribution in [0.1, 0.15) is 0 Å². The summed E-state index contributed by atoms with van der Waals surface area (Å²) in [6.07, 6.45) is 2.12. The predicted molar refractivity (Wildman–Crippen MR) is 54.5 cm³/mol. The molecule has 14 heavy (non-hydrogen) atoms. The molecule has 0 fully saturated rings. The number of ether oxygens (including phenoxy) is 1. The highest BCUT2D eigenvalue weighted by molar-refractivity contribution is 5.67. The van der Waals surface area contributed by atoms with Gasteiger partial charge in [0.25, 0.3) is 0 Å². The number of benzene rings is 1. The first-order chi connectivity index (χ1) is 6.85. The number of rotatable bonds is 2. The standard InChI is InChI=1S/C11H11NO2/c1-2-12-7-9(8-13)14-11-6-4-3-5-10(11)12/h2-6,8-9H,1,7H2. The van der Waals surface area contributed by atoms with E-state index in [1.54, 1.807) is 6.20 Å². The molecule has 1 aromatic carbocycles. The first-order valence-corrected chi connectivity index (χ1v) is 4.45. The van der Waals surface area contributed by atoms with Crippen LogP contribution in [0.5, 0.6) is 5.75 Å². The second kappa shape index (κ2) is 3.54. The van der Waals surface area contributed by atoms with Crippen molar-refractivity contribution in [3.8, 4) is 5.75 Å². The van der Waals surface area contributed by atoms with E-state index in [-0.39, 0.29) is 0 Å². The highest BCUT2D eigenvalue weighted by atomic mass is 16.5. The Labute approximate surface area is 82.6 Å². The van der Waals surface area contributed by atoms with Crippen molar-refractivity contribution in [3.05, 3.63) is 37.0 Å². The van der Waals surface area contributed by atoms with Gasteiger partial charge in [-0.15, -0.1) is 0 Å². The van der Waals surface area contributed by atoms with Crippen LogP contribution in [0.2, 0.25) is 0 Å². The Bertz CT molecular complexity index is 362. The van der Waals surface area contributed by atoms with E-state index in [0.717, 1.165) is 17.7 Å². The molecular weight excluding hydrogens is 178 g/mol. The fourth-order valence-corrected chi connectivity index (χ4v) is 1.53. The zero-order chi connectivity index (χ0) is 9.97. The van der Waals surface area contributed by atoms with Crippen molar-refractivity contribution in [1.29, 1.82) is 0 Å². The minimum Gasteiger partial charge on any atom is -0.479 e. The van der Waals surface area contributed by atoms with Crippen LogP contribution in [0.25, 0.3) is 0 Å². The highest BCUT2D eigenvalue weighted by Crippen LogP contribution is 2.32. The van der Waals surface area contributed by atoms with Crippen LogP contribution >= 0.6 is 0 Å². The lowest BCUT2D eigenvalue weighted by Crippen LogP contribution is -2.37. The topological polar surface area (TPSA) is 29.5 Å². The Morgan fingerprint density at radius 2 is 2.29 bits per heavy atom. The van der Waals surface area contributed by atoms with Crippen molar-refractivity contribution >= 4 is 12.0 Å². The minimum absolute atomic E-state index is 0.400. The quantitative estimate of drug-likeness (QED) is 0.662. The molecule has 0 spiro atoms. The molecule has 0 saturated carbocycles. The number of carbonyl (C=O) groups excluding carboxylic acids is 1. The molecule has 0 aliphatic carbocycles. The molecule has 0 bridgehead atoms. The van der Waals surface area contributed by atoms with Gasteiger partial charge in [-0.25, -0.2) is 0 Å². The van der Waals surface area contributed by atoms with Crippen molar-refractivity contribution in [1.82, 2.24) is 0 Å². The Morgan fingerprint density at radius 3 is 3.00 bits per heavy atom. The number of hydrogen-bond acceptors (Lipinski definition) is 3. The normalized spacial score (nSPS) is 19.4. The molecular formula is C11H11NO2. The zero-order valence-electron chi connectivity index (χ0n) is 7.72. The summed E-state index contributed by atoms with van der Waals surface area (Å²) in [6.45, 7) is 4.24. The summed E-state index contributed by atoms with van der Waals surface area (Å²) in [7, 11) is 0. The predicted octanol–water partition coefficient (Wildman–Crippen LogP) is 1.60. The second-order valence-corrected chi connectivity index (χ2v) is 3.10. The maximum atomic E-state index is 10.6. The SMILES string of the molecule is C=CN1CC(C=O)Oc2ccccc21. The van der Waals surface area contributed by atoms with E-state index in [1.165, 1.54) is 0 Å². The molecule has 1 aliphatic heterocycles. The molecule has 2 rings (SSSR count). The molecule has 72 valence electrons. The van der Waals surface area contributed by atoms with Gasteiger partial charge in [0.2, 0.25) is 0 Å². The third kappa shape index (κ3) is 1.37. The van der Waals surface area contributed by atoms with Gasteiger partial charge < -0.3 is 9.64 Å². The van der Waals surface area contributed by atoms with E-state index in [2.05, 4.69) is 6.58 Å². The van der Waals surface area contributed by atoms with Crippen LogP contribution < -0.4 is 9.64 Å². The number of nitrogens with zero attached hydrogens (tertiary/aromatic N) is 1. The average Bonchev–Trinajstić information content (AvgIpc) is 2.27. The number of para-hydroxylation sites is 2. The lowest BCUT2D eigenvalue weighted by atomic mass is 10.2. The van der Waals surface area contributed by atoms with Crippen molar-refractivity contribution in [2.75, 3.05) is 11.4 Å².